The largest absolute Gasteiger partial charge is 0.340 e. The van der Waals surface area contributed by atoms with E-state index in [1.165, 1.54) is 5.56 Å². The predicted octanol–water partition coefficient (Wildman–Crippen LogP) is 3.79. The Morgan fingerprint density at radius 2 is 2.16 bits per heavy atom. The van der Waals surface area contributed by atoms with Gasteiger partial charge in [0.2, 0.25) is 0 Å². The number of pyridine rings is 1. The number of benzene rings is 1. The number of anilines is 2. The molecule has 0 aliphatic heterocycles. The Balaban J connectivity index is 2.14. The van der Waals surface area contributed by atoms with E-state index in [2.05, 4.69) is 50.5 Å². The van der Waals surface area contributed by atoms with Gasteiger partial charge in [0.05, 0.1) is 0 Å². The van der Waals surface area contributed by atoms with Crippen LogP contribution in [0.25, 0.3) is 0 Å². The second kappa shape index (κ2) is 6.68. The van der Waals surface area contributed by atoms with Crippen molar-refractivity contribution >= 4 is 27.4 Å². The molecule has 0 fully saturated rings. The van der Waals surface area contributed by atoms with E-state index in [1.54, 1.807) is 6.20 Å². The zero-order valence-electron chi connectivity index (χ0n) is 11.0. The lowest BCUT2D eigenvalue weighted by atomic mass is 10.1. The number of aryl methyl sites for hydroxylation is 2. The van der Waals surface area contributed by atoms with Gasteiger partial charge in [-0.2, -0.15) is 0 Å². The van der Waals surface area contributed by atoms with Gasteiger partial charge in [-0.1, -0.05) is 12.1 Å². The number of aromatic nitrogens is 1. The van der Waals surface area contributed by atoms with Crippen molar-refractivity contribution in [2.24, 2.45) is 5.73 Å². The van der Waals surface area contributed by atoms with E-state index in [0.717, 1.165) is 40.9 Å². The molecule has 2 aromatic rings. The molecule has 4 heteroatoms. The fourth-order valence-electron chi connectivity index (χ4n) is 1.92. The molecule has 1 aromatic heterocycles. The SMILES string of the molecule is Cc1cc(Br)cnc1Nc1cccc(CCCN)c1. The smallest absolute Gasteiger partial charge is 0.133 e. The van der Waals surface area contributed by atoms with Crippen molar-refractivity contribution in [2.45, 2.75) is 19.8 Å². The van der Waals surface area contributed by atoms with Crippen LogP contribution in [0, 0.1) is 6.92 Å². The van der Waals surface area contributed by atoms with Crippen LogP contribution < -0.4 is 11.1 Å². The Labute approximate surface area is 122 Å². The molecule has 1 aromatic carbocycles. The van der Waals surface area contributed by atoms with E-state index in [4.69, 9.17) is 5.73 Å². The molecule has 0 aliphatic carbocycles. The van der Waals surface area contributed by atoms with Crippen LogP contribution in [0.15, 0.2) is 41.0 Å². The highest BCUT2D eigenvalue weighted by Crippen LogP contribution is 2.22. The van der Waals surface area contributed by atoms with Crippen molar-refractivity contribution in [3.8, 4) is 0 Å². The van der Waals surface area contributed by atoms with Gasteiger partial charge in [-0.3, -0.25) is 0 Å². The second-order valence-corrected chi connectivity index (χ2v) is 5.45. The first kappa shape index (κ1) is 14.0. The highest BCUT2D eigenvalue weighted by atomic mass is 79.9. The molecular formula is C15H18BrN3. The van der Waals surface area contributed by atoms with Gasteiger partial charge in [-0.15, -0.1) is 0 Å². The number of hydrogen-bond donors (Lipinski definition) is 2. The highest BCUT2D eigenvalue weighted by Gasteiger charge is 2.02. The number of halogens is 1. The maximum Gasteiger partial charge on any atom is 0.133 e. The summed E-state index contributed by atoms with van der Waals surface area (Å²) >= 11 is 3.42. The summed E-state index contributed by atoms with van der Waals surface area (Å²) in [6, 6.07) is 10.4. The maximum atomic E-state index is 5.54. The molecule has 0 radical (unpaired) electrons. The number of nitrogens with two attached hydrogens (primary N) is 1. The molecule has 0 saturated heterocycles. The highest BCUT2D eigenvalue weighted by molar-refractivity contribution is 9.10. The molecule has 0 atom stereocenters. The zero-order valence-corrected chi connectivity index (χ0v) is 12.6. The molecule has 0 aliphatic rings. The van der Waals surface area contributed by atoms with Crippen LogP contribution in [0.4, 0.5) is 11.5 Å². The summed E-state index contributed by atoms with van der Waals surface area (Å²) < 4.78 is 0.993. The molecule has 3 nitrogen and oxygen atoms in total. The Hall–Kier alpha value is -1.39. The summed E-state index contributed by atoms with van der Waals surface area (Å²) in [5.41, 5.74) is 9.01. The summed E-state index contributed by atoms with van der Waals surface area (Å²) in [5, 5.41) is 3.35. The number of nitrogens with one attached hydrogen (secondary N) is 1. The van der Waals surface area contributed by atoms with Crippen molar-refractivity contribution in [3.63, 3.8) is 0 Å². The van der Waals surface area contributed by atoms with Crippen LogP contribution >= 0.6 is 15.9 Å². The van der Waals surface area contributed by atoms with Crippen LogP contribution in [-0.4, -0.2) is 11.5 Å². The standard InChI is InChI=1S/C15H18BrN3/c1-11-8-13(16)10-18-15(11)19-14-6-2-4-12(9-14)5-3-7-17/h2,4,6,8-10H,3,5,7,17H2,1H3,(H,18,19). The molecule has 100 valence electrons. The summed E-state index contributed by atoms with van der Waals surface area (Å²) in [7, 11) is 0. The molecule has 0 amide bonds. The van der Waals surface area contributed by atoms with Gasteiger partial charge in [-0.05, 0) is 71.6 Å². The van der Waals surface area contributed by atoms with Crippen molar-refractivity contribution in [2.75, 3.05) is 11.9 Å². The maximum absolute atomic E-state index is 5.54. The average molecular weight is 320 g/mol. The van der Waals surface area contributed by atoms with Gasteiger partial charge >= 0.3 is 0 Å². The molecule has 0 bridgehead atoms. The number of nitrogens with zero attached hydrogens (tertiary/aromatic N) is 1. The third-order valence-electron chi connectivity index (χ3n) is 2.90. The van der Waals surface area contributed by atoms with Crippen LogP contribution in [0.2, 0.25) is 0 Å². The van der Waals surface area contributed by atoms with E-state index in [1.807, 2.05) is 13.0 Å². The first-order chi connectivity index (χ1) is 9.19. The predicted molar refractivity (Wildman–Crippen MR) is 83.8 cm³/mol. The second-order valence-electron chi connectivity index (χ2n) is 4.54. The first-order valence-electron chi connectivity index (χ1n) is 6.37. The minimum absolute atomic E-state index is 0.727. The van der Waals surface area contributed by atoms with E-state index in [9.17, 15) is 0 Å². The lowest BCUT2D eigenvalue weighted by Crippen LogP contribution is -2.01. The third-order valence-corrected chi connectivity index (χ3v) is 3.34. The minimum atomic E-state index is 0.727. The zero-order chi connectivity index (χ0) is 13.7. The summed E-state index contributed by atoms with van der Waals surface area (Å²) in [6.07, 6.45) is 3.82. The Kier molecular flexibility index (Phi) is 4.93. The van der Waals surface area contributed by atoms with Crippen LogP contribution in [0.1, 0.15) is 17.5 Å². The van der Waals surface area contributed by atoms with Crippen molar-refractivity contribution in [1.29, 1.82) is 0 Å². The number of hydrogen-bond acceptors (Lipinski definition) is 3. The molecule has 0 saturated carbocycles. The minimum Gasteiger partial charge on any atom is -0.340 e. The van der Waals surface area contributed by atoms with Crippen molar-refractivity contribution < 1.29 is 0 Å². The van der Waals surface area contributed by atoms with E-state index >= 15 is 0 Å². The van der Waals surface area contributed by atoms with Crippen LogP contribution in [-0.2, 0) is 6.42 Å². The van der Waals surface area contributed by atoms with Gasteiger partial charge in [-0.25, -0.2) is 4.98 Å². The van der Waals surface area contributed by atoms with Gasteiger partial charge in [0.15, 0.2) is 0 Å². The van der Waals surface area contributed by atoms with Crippen LogP contribution in [0.5, 0.6) is 0 Å². The first-order valence-corrected chi connectivity index (χ1v) is 7.16. The van der Waals surface area contributed by atoms with Gasteiger partial charge in [0.25, 0.3) is 0 Å². The monoisotopic (exact) mass is 319 g/mol. The third kappa shape index (κ3) is 4.04. The number of rotatable bonds is 5. The van der Waals surface area contributed by atoms with E-state index in [0.29, 0.717) is 0 Å². The molecule has 19 heavy (non-hydrogen) atoms. The Morgan fingerprint density at radius 1 is 1.32 bits per heavy atom. The quantitative estimate of drug-likeness (QED) is 0.881. The summed E-state index contributed by atoms with van der Waals surface area (Å²) in [5.74, 6) is 0.888. The molecule has 3 N–H and O–H groups in total. The van der Waals surface area contributed by atoms with Crippen molar-refractivity contribution in [3.05, 3.63) is 52.1 Å². The average Bonchev–Trinajstić information content (AvgIpc) is 2.40. The molecule has 1 heterocycles. The van der Waals surface area contributed by atoms with Crippen LogP contribution in [0.3, 0.4) is 0 Å². The van der Waals surface area contributed by atoms with Crippen molar-refractivity contribution in [1.82, 2.24) is 4.98 Å². The lowest BCUT2D eigenvalue weighted by molar-refractivity contribution is 0.833. The topological polar surface area (TPSA) is 50.9 Å². The van der Waals surface area contributed by atoms with E-state index < -0.39 is 0 Å². The summed E-state index contributed by atoms with van der Waals surface area (Å²) in [4.78, 5) is 4.39. The molecule has 0 unspecified atom stereocenters. The Morgan fingerprint density at radius 3 is 2.89 bits per heavy atom. The fourth-order valence-corrected chi connectivity index (χ4v) is 2.36. The van der Waals surface area contributed by atoms with Gasteiger partial charge in [0.1, 0.15) is 5.82 Å². The molecule has 2 rings (SSSR count). The lowest BCUT2D eigenvalue weighted by Gasteiger charge is -2.10. The normalized spacial score (nSPS) is 10.5. The molecular weight excluding hydrogens is 302 g/mol. The van der Waals surface area contributed by atoms with Gasteiger partial charge < -0.3 is 11.1 Å². The van der Waals surface area contributed by atoms with E-state index in [-0.39, 0.29) is 0 Å². The molecule has 0 spiro atoms. The van der Waals surface area contributed by atoms with Gasteiger partial charge in [0, 0.05) is 16.4 Å². The summed E-state index contributed by atoms with van der Waals surface area (Å²) in [6.45, 7) is 2.77. The fraction of sp³-hybridized carbons (Fsp3) is 0.267. The Bertz CT molecular complexity index is 555.